The third-order valence-corrected chi connectivity index (χ3v) is 5.68. The quantitative estimate of drug-likeness (QED) is 0.276. The van der Waals surface area contributed by atoms with Crippen molar-refractivity contribution in [3.8, 4) is 11.5 Å². The molecule has 7 heteroatoms. The van der Waals surface area contributed by atoms with E-state index in [-0.39, 0.29) is 0 Å². The Bertz CT molecular complexity index is 485. The molecule has 0 unspecified atom stereocenters. The van der Waals surface area contributed by atoms with Crippen LogP contribution in [0.4, 0.5) is 0 Å². The maximum absolute atomic E-state index is 8.75. The van der Waals surface area contributed by atoms with Crippen molar-refractivity contribution in [3.63, 3.8) is 0 Å². The second-order valence-electron chi connectivity index (χ2n) is 3.85. The first-order valence-electron chi connectivity index (χ1n) is 6.54. The molecular formula is C16H17Br3I2O2. The highest BCUT2D eigenvalue weighted by Crippen LogP contribution is 2.13. The predicted molar refractivity (Wildman–Crippen MR) is 127 cm³/mol. The summed E-state index contributed by atoms with van der Waals surface area (Å²) >= 11 is 14.2. The summed E-state index contributed by atoms with van der Waals surface area (Å²) in [5.74, 6) is 1.26. The molecule has 0 amide bonds. The molecule has 0 saturated carbocycles. The zero-order chi connectivity index (χ0) is 17.5. The van der Waals surface area contributed by atoms with Gasteiger partial charge in [0, 0.05) is 23.1 Å². The molecule has 0 spiro atoms. The highest BCUT2D eigenvalue weighted by Gasteiger charge is 1.90. The van der Waals surface area contributed by atoms with E-state index < -0.39 is 0 Å². The summed E-state index contributed by atoms with van der Waals surface area (Å²) < 4.78 is 7.73. The standard InChI is InChI=1S/C8H8BrIO.C6H5IO.C2H4Br2/c9-5-6-11-8-3-1-7(10)2-4-8;7-5-1-3-6(8)4-2-5;3-1-2-4/h1-4H,5-6H2;1-4,8H;1-2H2. The molecule has 2 nitrogen and oxygen atoms in total. The fraction of sp³-hybridized carbons (Fsp3) is 0.250. The van der Waals surface area contributed by atoms with Gasteiger partial charge in [0.05, 0.1) is 6.61 Å². The maximum Gasteiger partial charge on any atom is 0.119 e. The Morgan fingerprint density at radius 1 is 0.739 bits per heavy atom. The van der Waals surface area contributed by atoms with Crippen molar-refractivity contribution in [2.75, 3.05) is 22.6 Å². The minimum absolute atomic E-state index is 0.324. The molecule has 0 aliphatic heterocycles. The van der Waals surface area contributed by atoms with Gasteiger partial charge in [-0.25, -0.2) is 0 Å². The summed E-state index contributed by atoms with van der Waals surface area (Å²) in [6.07, 6.45) is 0. The van der Waals surface area contributed by atoms with E-state index in [1.54, 1.807) is 12.1 Å². The van der Waals surface area contributed by atoms with Crippen LogP contribution in [0, 0.1) is 7.14 Å². The highest BCUT2D eigenvalue weighted by atomic mass is 127. The van der Waals surface area contributed by atoms with Gasteiger partial charge in [0.1, 0.15) is 11.5 Å². The van der Waals surface area contributed by atoms with Crippen molar-refractivity contribution in [1.29, 1.82) is 0 Å². The second kappa shape index (κ2) is 16.4. The van der Waals surface area contributed by atoms with Crippen molar-refractivity contribution < 1.29 is 9.84 Å². The molecule has 0 atom stereocenters. The van der Waals surface area contributed by atoms with Crippen LogP contribution in [0.1, 0.15) is 0 Å². The van der Waals surface area contributed by atoms with Crippen molar-refractivity contribution in [2.45, 2.75) is 0 Å². The third-order valence-electron chi connectivity index (χ3n) is 2.06. The van der Waals surface area contributed by atoms with Crippen LogP contribution < -0.4 is 4.74 Å². The third kappa shape index (κ3) is 14.9. The second-order valence-corrected chi connectivity index (χ2v) is 8.72. The number of rotatable bonds is 4. The van der Waals surface area contributed by atoms with E-state index in [2.05, 4.69) is 93.0 Å². The largest absolute Gasteiger partial charge is 0.508 e. The summed E-state index contributed by atoms with van der Waals surface area (Å²) in [4.78, 5) is 0. The van der Waals surface area contributed by atoms with Crippen molar-refractivity contribution in [3.05, 3.63) is 55.7 Å². The van der Waals surface area contributed by atoms with Gasteiger partial charge in [0.2, 0.25) is 0 Å². The Balaban J connectivity index is 0.000000354. The van der Waals surface area contributed by atoms with Crippen LogP contribution >= 0.6 is 93.0 Å². The molecular weight excluding hydrogens is 718 g/mol. The summed E-state index contributed by atoms with van der Waals surface area (Å²) in [6, 6.07) is 15.1. The van der Waals surface area contributed by atoms with Crippen LogP contribution in [-0.4, -0.2) is 27.7 Å². The fourth-order valence-electron chi connectivity index (χ4n) is 1.13. The Kier molecular flexibility index (Phi) is 17.1. The molecule has 0 bridgehead atoms. The number of phenolic OH excluding ortho intramolecular Hbond substituents is 1. The van der Waals surface area contributed by atoms with E-state index >= 15 is 0 Å². The number of halogens is 5. The van der Waals surface area contributed by atoms with E-state index in [0.717, 1.165) is 31.9 Å². The Hall–Kier alpha value is 0.940. The minimum atomic E-state index is 0.324. The van der Waals surface area contributed by atoms with Crippen LogP contribution in [0.3, 0.4) is 0 Å². The average Bonchev–Trinajstić information content (AvgIpc) is 2.58. The van der Waals surface area contributed by atoms with Crippen molar-refractivity contribution >= 4 is 93.0 Å². The topological polar surface area (TPSA) is 29.5 Å². The van der Waals surface area contributed by atoms with E-state index in [1.165, 1.54) is 3.57 Å². The van der Waals surface area contributed by atoms with Crippen LogP contribution in [0.15, 0.2) is 48.5 Å². The fourth-order valence-corrected chi connectivity index (χ4v) is 2.01. The molecule has 2 aromatic carbocycles. The van der Waals surface area contributed by atoms with Gasteiger partial charge in [-0.05, 0) is 93.7 Å². The van der Waals surface area contributed by atoms with E-state index in [1.807, 2.05) is 36.4 Å². The van der Waals surface area contributed by atoms with Gasteiger partial charge >= 0.3 is 0 Å². The lowest BCUT2D eigenvalue weighted by molar-refractivity contribution is 0.345. The lowest BCUT2D eigenvalue weighted by atomic mass is 10.3. The van der Waals surface area contributed by atoms with Crippen molar-refractivity contribution in [1.82, 2.24) is 0 Å². The first-order chi connectivity index (χ1) is 11.0. The summed E-state index contributed by atoms with van der Waals surface area (Å²) in [7, 11) is 0. The first-order valence-corrected chi connectivity index (χ1v) is 12.1. The maximum atomic E-state index is 8.75. The van der Waals surface area contributed by atoms with E-state index in [9.17, 15) is 0 Å². The monoisotopic (exact) mass is 732 g/mol. The number of hydrogen-bond donors (Lipinski definition) is 1. The highest BCUT2D eigenvalue weighted by molar-refractivity contribution is 14.1. The summed E-state index contributed by atoms with van der Waals surface area (Å²) in [5.41, 5.74) is 0. The minimum Gasteiger partial charge on any atom is -0.508 e. The molecule has 128 valence electrons. The number of hydrogen-bond acceptors (Lipinski definition) is 2. The SMILES string of the molecule is BrCCBr.BrCCOc1ccc(I)cc1.Oc1ccc(I)cc1. The molecule has 0 aliphatic carbocycles. The van der Waals surface area contributed by atoms with Crippen LogP contribution in [0.25, 0.3) is 0 Å². The van der Waals surface area contributed by atoms with E-state index in [0.29, 0.717) is 5.75 Å². The number of benzene rings is 2. The number of ether oxygens (including phenoxy) is 1. The molecule has 2 rings (SSSR count). The van der Waals surface area contributed by atoms with Crippen molar-refractivity contribution in [2.24, 2.45) is 0 Å². The summed E-state index contributed by atoms with van der Waals surface area (Å²) in [6.45, 7) is 0.723. The van der Waals surface area contributed by atoms with Gasteiger partial charge < -0.3 is 9.84 Å². The van der Waals surface area contributed by atoms with Gasteiger partial charge in [0.15, 0.2) is 0 Å². The van der Waals surface area contributed by atoms with Gasteiger partial charge in [-0.3, -0.25) is 0 Å². The Morgan fingerprint density at radius 3 is 1.52 bits per heavy atom. The molecule has 0 heterocycles. The van der Waals surface area contributed by atoms with E-state index in [4.69, 9.17) is 9.84 Å². The molecule has 0 aliphatic rings. The molecule has 0 fully saturated rings. The van der Waals surface area contributed by atoms with Crippen LogP contribution in [0.2, 0.25) is 0 Å². The molecule has 2 aromatic rings. The zero-order valence-corrected chi connectivity index (χ0v) is 21.3. The molecule has 0 radical (unpaired) electrons. The van der Waals surface area contributed by atoms with Crippen LogP contribution in [0.5, 0.6) is 11.5 Å². The van der Waals surface area contributed by atoms with Gasteiger partial charge in [-0.2, -0.15) is 0 Å². The lowest BCUT2D eigenvalue weighted by Gasteiger charge is -2.02. The molecule has 0 aromatic heterocycles. The number of alkyl halides is 3. The number of phenols is 1. The molecule has 23 heavy (non-hydrogen) atoms. The molecule has 0 saturated heterocycles. The zero-order valence-electron chi connectivity index (χ0n) is 12.2. The Labute approximate surface area is 190 Å². The average molecular weight is 735 g/mol. The van der Waals surface area contributed by atoms with Gasteiger partial charge in [-0.15, -0.1) is 0 Å². The Morgan fingerprint density at radius 2 is 1.17 bits per heavy atom. The summed E-state index contributed by atoms with van der Waals surface area (Å²) in [5, 5.41) is 11.7. The predicted octanol–water partition coefficient (Wildman–Crippen LogP) is 6.84. The van der Waals surface area contributed by atoms with Gasteiger partial charge in [0.25, 0.3) is 0 Å². The smallest absolute Gasteiger partial charge is 0.119 e. The van der Waals surface area contributed by atoms with Crippen LogP contribution in [-0.2, 0) is 0 Å². The van der Waals surface area contributed by atoms with Gasteiger partial charge in [-0.1, -0.05) is 47.8 Å². The lowest BCUT2D eigenvalue weighted by Crippen LogP contribution is -1.96. The first kappa shape index (κ1) is 23.9. The normalized spacial score (nSPS) is 9.09. The number of aromatic hydroxyl groups is 1. The molecule has 1 N–H and O–H groups in total.